The predicted octanol–water partition coefficient (Wildman–Crippen LogP) is 2.33. The van der Waals surface area contributed by atoms with Crippen LogP contribution < -0.4 is 0 Å². The second-order valence-electron chi connectivity index (χ2n) is 4.05. The fourth-order valence-corrected chi connectivity index (χ4v) is 1.52. The normalized spacial score (nSPS) is 13.4. The highest BCUT2D eigenvalue weighted by Crippen LogP contribution is 2.23. The van der Waals surface area contributed by atoms with Crippen molar-refractivity contribution in [1.29, 1.82) is 0 Å². The van der Waals surface area contributed by atoms with Gasteiger partial charge in [-0.25, -0.2) is 0 Å². The van der Waals surface area contributed by atoms with Gasteiger partial charge in [0.15, 0.2) is 0 Å². The van der Waals surface area contributed by atoms with E-state index in [0.29, 0.717) is 18.8 Å². The zero-order valence-corrected chi connectivity index (χ0v) is 11.1. The van der Waals surface area contributed by atoms with E-state index in [2.05, 4.69) is 0 Å². The topological polar surface area (TPSA) is 52.6 Å². The first kappa shape index (κ1) is 15.7. The average molecular weight is 242 g/mol. The zero-order valence-electron chi connectivity index (χ0n) is 11.1. The number of allylic oxidation sites excluding steroid dienone is 1. The van der Waals surface area contributed by atoms with E-state index >= 15 is 0 Å². The summed E-state index contributed by atoms with van der Waals surface area (Å²) in [6, 6.07) is 0. The SMILES string of the molecule is CCOC=C(C=O)C(CC(=O)OCC)C(C)C. The van der Waals surface area contributed by atoms with Crippen molar-refractivity contribution in [2.24, 2.45) is 11.8 Å². The van der Waals surface area contributed by atoms with Crippen LogP contribution in [0, 0.1) is 11.8 Å². The van der Waals surface area contributed by atoms with Gasteiger partial charge in [-0.2, -0.15) is 0 Å². The van der Waals surface area contributed by atoms with Crippen molar-refractivity contribution in [2.75, 3.05) is 13.2 Å². The lowest BCUT2D eigenvalue weighted by molar-refractivity contribution is -0.144. The number of hydrogen-bond acceptors (Lipinski definition) is 4. The molecule has 0 N–H and O–H groups in total. The number of carbonyl (C=O) groups is 2. The van der Waals surface area contributed by atoms with Crippen LogP contribution in [0.2, 0.25) is 0 Å². The van der Waals surface area contributed by atoms with Gasteiger partial charge in [0, 0.05) is 11.5 Å². The number of ether oxygens (including phenoxy) is 2. The maximum absolute atomic E-state index is 11.4. The highest BCUT2D eigenvalue weighted by molar-refractivity contribution is 5.77. The molecular weight excluding hydrogens is 220 g/mol. The quantitative estimate of drug-likeness (QED) is 0.284. The van der Waals surface area contributed by atoms with E-state index in [4.69, 9.17) is 9.47 Å². The van der Waals surface area contributed by atoms with Crippen LogP contribution in [0.15, 0.2) is 11.8 Å². The van der Waals surface area contributed by atoms with Crippen LogP contribution in [0.1, 0.15) is 34.1 Å². The smallest absolute Gasteiger partial charge is 0.306 e. The monoisotopic (exact) mass is 242 g/mol. The molecule has 1 atom stereocenters. The van der Waals surface area contributed by atoms with Crippen LogP contribution in [0.25, 0.3) is 0 Å². The molecule has 0 aromatic carbocycles. The van der Waals surface area contributed by atoms with E-state index in [1.807, 2.05) is 20.8 Å². The van der Waals surface area contributed by atoms with Crippen molar-refractivity contribution in [2.45, 2.75) is 34.1 Å². The van der Waals surface area contributed by atoms with Crippen LogP contribution in [-0.4, -0.2) is 25.5 Å². The molecule has 4 nitrogen and oxygen atoms in total. The minimum Gasteiger partial charge on any atom is -0.501 e. The van der Waals surface area contributed by atoms with Crippen molar-refractivity contribution in [3.8, 4) is 0 Å². The zero-order chi connectivity index (χ0) is 13.3. The lowest BCUT2D eigenvalue weighted by Crippen LogP contribution is -2.19. The van der Waals surface area contributed by atoms with Gasteiger partial charge in [-0.05, 0) is 19.8 Å². The number of esters is 1. The van der Waals surface area contributed by atoms with Gasteiger partial charge in [-0.1, -0.05) is 13.8 Å². The Kier molecular flexibility index (Phi) is 8.11. The van der Waals surface area contributed by atoms with E-state index in [9.17, 15) is 9.59 Å². The molecular formula is C13H22O4. The second kappa shape index (κ2) is 8.79. The van der Waals surface area contributed by atoms with Crippen LogP contribution in [0.5, 0.6) is 0 Å². The molecule has 0 spiro atoms. The van der Waals surface area contributed by atoms with E-state index < -0.39 is 0 Å². The maximum atomic E-state index is 11.4. The summed E-state index contributed by atoms with van der Waals surface area (Å²) in [6.45, 7) is 8.39. The molecule has 0 aromatic rings. The third kappa shape index (κ3) is 6.09. The van der Waals surface area contributed by atoms with Crippen molar-refractivity contribution < 1.29 is 19.1 Å². The Bertz CT molecular complexity index is 269. The van der Waals surface area contributed by atoms with E-state index in [1.165, 1.54) is 6.26 Å². The molecule has 0 heterocycles. The molecule has 0 bridgehead atoms. The van der Waals surface area contributed by atoms with E-state index in [1.54, 1.807) is 6.92 Å². The summed E-state index contributed by atoms with van der Waals surface area (Å²) in [6.07, 6.45) is 2.40. The van der Waals surface area contributed by atoms with Gasteiger partial charge in [0.05, 0.1) is 25.9 Å². The predicted molar refractivity (Wildman–Crippen MR) is 65.4 cm³/mol. The third-order valence-corrected chi connectivity index (χ3v) is 2.45. The van der Waals surface area contributed by atoms with Gasteiger partial charge in [0.25, 0.3) is 0 Å². The first-order valence-corrected chi connectivity index (χ1v) is 5.99. The van der Waals surface area contributed by atoms with Crippen LogP contribution in [-0.2, 0) is 19.1 Å². The summed E-state index contributed by atoms with van der Waals surface area (Å²) in [5, 5.41) is 0. The van der Waals surface area contributed by atoms with Crippen molar-refractivity contribution in [1.82, 2.24) is 0 Å². The Morgan fingerprint density at radius 2 is 1.88 bits per heavy atom. The summed E-state index contributed by atoms with van der Waals surface area (Å²) in [5.41, 5.74) is 0.509. The Morgan fingerprint density at radius 3 is 2.29 bits per heavy atom. The minimum atomic E-state index is -0.282. The molecule has 4 heteroatoms. The number of aldehydes is 1. The molecule has 0 fully saturated rings. The fraction of sp³-hybridized carbons (Fsp3) is 0.692. The van der Waals surface area contributed by atoms with Crippen LogP contribution in [0.4, 0.5) is 0 Å². The maximum Gasteiger partial charge on any atom is 0.306 e. The summed E-state index contributed by atoms with van der Waals surface area (Å²) in [5.74, 6) is -0.259. The number of carbonyl (C=O) groups excluding carboxylic acids is 2. The van der Waals surface area contributed by atoms with Crippen LogP contribution in [0.3, 0.4) is 0 Å². The molecule has 0 saturated heterocycles. The Hall–Kier alpha value is -1.32. The average Bonchev–Trinajstić information content (AvgIpc) is 2.28. The summed E-state index contributed by atoms with van der Waals surface area (Å²) < 4.78 is 10.0. The number of hydrogen-bond donors (Lipinski definition) is 0. The third-order valence-electron chi connectivity index (χ3n) is 2.45. The largest absolute Gasteiger partial charge is 0.501 e. The van der Waals surface area contributed by atoms with Crippen LogP contribution >= 0.6 is 0 Å². The van der Waals surface area contributed by atoms with E-state index in [0.717, 1.165) is 6.29 Å². The first-order chi connectivity index (χ1) is 8.06. The molecule has 0 rings (SSSR count). The Balaban J connectivity index is 4.69. The molecule has 98 valence electrons. The molecule has 0 radical (unpaired) electrons. The lowest BCUT2D eigenvalue weighted by atomic mass is 9.86. The second-order valence-corrected chi connectivity index (χ2v) is 4.05. The highest BCUT2D eigenvalue weighted by Gasteiger charge is 2.22. The summed E-state index contributed by atoms with van der Waals surface area (Å²) >= 11 is 0. The van der Waals surface area contributed by atoms with Gasteiger partial charge in [-0.15, -0.1) is 0 Å². The standard InChI is InChI=1S/C13H22O4/c1-5-16-9-11(8-14)12(10(3)4)7-13(15)17-6-2/h8-10,12H,5-7H2,1-4H3. The fourth-order valence-electron chi connectivity index (χ4n) is 1.52. The van der Waals surface area contributed by atoms with Crippen molar-refractivity contribution >= 4 is 12.3 Å². The molecule has 1 unspecified atom stereocenters. The molecule has 0 aliphatic heterocycles. The minimum absolute atomic E-state index is 0.155. The Morgan fingerprint density at radius 1 is 1.24 bits per heavy atom. The van der Waals surface area contributed by atoms with Crippen molar-refractivity contribution in [3.05, 3.63) is 11.8 Å². The number of rotatable bonds is 8. The summed E-state index contributed by atoms with van der Waals surface area (Å²) in [7, 11) is 0. The van der Waals surface area contributed by atoms with Gasteiger partial charge in [-0.3, -0.25) is 9.59 Å². The van der Waals surface area contributed by atoms with Gasteiger partial charge in [0.1, 0.15) is 6.29 Å². The van der Waals surface area contributed by atoms with Crippen molar-refractivity contribution in [3.63, 3.8) is 0 Å². The lowest BCUT2D eigenvalue weighted by Gasteiger charge is -2.19. The Labute approximate surface area is 103 Å². The van der Waals surface area contributed by atoms with Gasteiger partial charge >= 0.3 is 5.97 Å². The molecule has 0 aromatic heterocycles. The molecule has 17 heavy (non-hydrogen) atoms. The highest BCUT2D eigenvalue weighted by atomic mass is 16.5. The van der Waals surface area contributed by atoms with Gasteiger partial charge < -0.3 is 9.47 Å². The summed E-state index contributed by atoms with van der Waals surface area (Å²) in [4.78, 5) is 22.4. The molecule has 0 aliphatic rings. The van der Waals surface area contributed by atoms with Gasteiger partial charge in [0.2, 0.25) is 0 Å². The molecule has 0 saturated carbocycles. The molecule has 0 amide bonds. The first-order valence-electron chi connectivity index (χ1n) is 5.99. The molecule has 0 aliphatic carbocycles. The van der Waals surface area contributed by atoms with E-state index in [-0.39, 0.29) is 24.2 Å².